The van der Waals surface area contributed by atoms with E-state index in [1.807, 2.05) is 55.3 Å². The van der Waals surface area contributed by atoms with Crippen LogP contribution in [0.5, 0.6) is 5.75 Å². The maximum absolute atomic E-state index is 13.5. The molecule has 2 aromatic carbocycles. The minimum absolute atomic E-state index is 0.0888. The van der Waals surface area contributed by atoms with E-state index in [0.29, 0.717) is 18.0 Å². The highest BCUT2D eigenvalue weighted by Crippen LogP contribution is 2.39. The van der Waals surface area contributed by atoms with Crippen LogP contribution in [0.15, 0.2) is 53.5 Å². The lowest BCUT2D eigenvalue weighted by molar-refractivity contribution is 0.0708. The molecule has 0 aliphatic carbocycles. The van der Waals surface area contributed by atoms with Gasteiger partial charge in [-0.2, -0.15) is 5.10 Å². The zero-order valence-corrected chi connectivity index (χ0v) is 18.8. The summed E-state index contributed by atoms with van der Waals surface area (Å²) in [5, 5.41) is 7.93. The quantitative estimate of drug-likeness (QED) is 0.440. The van der Waals surface area contributed by atoms with Crippen molar-refractivity contribution in [2.45, 2.75) is 6.04 Å². The summed E-state index contributed by atoms with van der Waals surface area (Å²) < 4.78 is 7.71. The molecule has 1 aliphatic heterocycles. The first-order valence-electron chi connectivity index (χ1n) is 10.4. The number of thiazole rings is 1. The number of aromatic nitrogens is 4. The van der Waals surface area contributed by atoms with Crippen molar-refractivity contribution in [3.63, 3.8) is 0 Å². The number of carbonyl (C=O) groups is 1. The molecule has 0 saturated carbocycles. The second kappa shape index (κ2) is 7.28. The van der Waals surface area contributed by atoms with Crippen molar-refractivity contribution >= 4 is 44.9 Å². The lowest BCUT2D eigenvalue weighted by Gasteiger charge is -2.24. The second-order valence-corrected chi connectivity index (χ2v) is 8.85. The first-order chi connectivity index (χ1) is 16.0. The van der Waals surface area contributed by atoms with Gasteiger partial charge in [-0.3, -0.25) is 9.48 Å². The number of nitrogens with zero attached hydrogens (tertiary/aromatic N) is 5. The number of hydrogen-bond donors (Lipinski definition) is 1. The Labute approximate surface area is 193 Å². The van der Waals surface area contributed by atoms with Gasteiger partial charge in [0, 0.05) is 41.6 Å². The molecule has 0 bridgehead atoms. The molecule has 0 spiro atoms. The molecule has 1 amide bonds. The fraction of sp³-hybridized carbons (Fsp3) is 0.167. The largest absolute Gasteiger partial charge is 0.491 e. The van der Waals surface area contributed by atoms with E-state index in [1.54, 1.807) is 33.2 Å². The van der Waals surface area contributed by atoms with E-state index in [-0.39, 0.29) is 11.9 Å². The summed E-state index contributed by atoms with van der Waals surface area (Å²) in [5.41, 5.74) is 13.0. The van der Waals surface area contributed by atoms with E-state index in [9.17, 15) is 4.79 Å². The number of carbonyl (C=O) groups excluding carboxylic acids is 1. The maximum atomic E-state index is 13.5. The van der Waals surface area contributed by atoms with Crippen LogP contribution in [0.4, 0.5) is 5.82 Å². The highest BCUT2D eigenvalue weighted by molar-refractivity contribution is 7.07. The number of pyridine rings is 1. The van der Waals surface area contributed by atoms with Gasteiger partial charge in [0.05, 0.1) is 39.9 Å². The number of aryl methyl sites for hydroxylation is 1. The van der Waals surface area contributed by atoms with Crippen LogP contribution in [0.1, 0.15) is 22.0 Å². The van der Waals surface area contributed by atoms with Gasteiger partial charge in [0.15, 0.2) is 0 Å². The highest BCUT2D eigenvalue weighted by Gasteiger charge is 2.31. The van der Waals surface area contributed by atoms with E-state index in [0.717, 1.165) is 44.4 Å². The van der Waals surface area contributed by atoms with Gasteiger partial charge in [-0.05, 0) is 24.3 Å². The summed E-state index contributed by atoms with van der Waals surface area (Å²) in [6.45, 7) is 0.412. The molecule has 0 saturated heterocycles. The van der Waals surface area contributed by atoms with Crippen molar-refractivity contribution in [3.8, 4) is 17.0 Å². The third-order valence-electron chi connectivity index (χ3n) is 6.24. The van der Waals surface area contributed by atoms with Crippen LogP contribution in [0, 0.1) is 0 Å². The number of likely N-dealkylation sites (N-methyl/N-ethyl adjacent to an activating group) is 1. The Bertz CT molecular complexity index is 1540. The fourth-order valence-electron chi connectivity index (χ4n) is 4.46. The molecular weight excluding hydrogens is 436 g/mol. The van der Waals surface area contributed by atoms with Crippen molar-refractivity contribution in [2.75, 3.05) is 19.4 Å². The van der Waals surface area contributed by atoms with E-state index in [4.69, 9.17) is 10.5 Å². The zero-order chi connectivity index (χ0) is 22.7. The summed E-state index contributed by atoms with van der Waals surface area (Å²) in [5.74, 6) is 1.13. The fourth-order valence-corrected chi connectivity index (χ4v) is 5.02. The summed E-state index contributed by atoms with van der Waals surface area (Å²) in [4.78, 5) is 24.0. The van der Waals surface area contributed by atoms with Crippen LogP contribution in [0.25, 0.3) is 33.1 Å². The lowest BCUT2D eigenvalue weighted by Crippen LogP contribution is -2.32. The second-order valence-electron chi connectivity index (χ2n) is 8.13. The molecule has 8 nitrogen and oxygen atoms in total. The smallest absolute Gasteiger partial charge is 0.254 e. The van der Waals surface area contributed by atoms with Gasteiger partial charge in [-0.1, -0.05) is 12.1 Å². The molecule has 3 aromatic heterocycles. The highest BCUT2D eigenvalue weighted by atomic mass is 32.1. The molecule has 0 radical (unpaired) electrons. The lowest BCUT2D eigenvalue weighted by atomic mass is 10.0. The normalized spacial score (nSPS) is 15.0. The minimum Gasteiger partial charge on any atom is -0.491 e. The average Bonchev–Trinajstić information content (AvgIpc) is 3.58. The zero-order valence-electron chi connectivity index (χ0n) is 18.0. The molecule has 0 unspecified atom stereocenters. The van der Waals surface area contributed by atoms with E-state index >= 15 is 0 Å². The number of nitrogens with two attached hydrogens (primary N) is 1. The SMILES string of the molecule is CN(C(=O)c1ccc2nc(N)c3cnn(C)c3c2c1)[C@@H]1COc2cc(-c3cscn3)ccc21. The topological polar surface area (TPSA) is 99.2 Å². The van der Waals surface area contributed by atoms with Crippen LogP contribution >= 0.6 is 11.3 Å². The van der Waals surface area contributed by atoms with Crippen LogP contribution in [-0.4, -0.2) is 44.2 Å². The monoisotopic (exact) mass is 456 g/mol. The number of fused-ring (bicyclic) bond motifs is 4. The predicted molar refractivity (Wildman–Crippen MR) is 128 cm³/mol. The molecule has 4 heterocycles. The molecular formula is C24H20N6O2S. The van der Waals surface area contributed by atoms with E-state index in [2.05, 4.69) is 15.1 Å². The Hall–Kier alpha value is -3.98. The Balaban J connectivity index is 1.35. The standard InChI is InChI=1S/C24H20N6O2S/c1-29(20-10-32-21-8-13(3-5-15(20)21)19-11-33-12-26-19)24(31)14-4-6-18-16(7-14)22-17(23(25)28-18)9-27-30(22)2/h3-9,11-12,20H,10H2,1-2H3,(H2,25,28)/t20-/m1/s1. The van der Waals surface area contributed by atoms with Crippen LogP contribution in [-0.2, 0) is 7.05 Å². The molecule has 1 aliphatic rings. The van der Waals surface area contributed by atoms with Gasteiger partial charge in [-0.15, -0.1) is 11.3 Å². The molecule has 0 fully saturated rings. The van der Waals surface area contributed by atoms with Crippen molar-refractivity contribution in [3.05, 3.63) is 64.6 Å². The van der Waals surface area contributed by atoms with Gasteiger partial charge in [0.25, 0.3) is 5.91 Å². The number of anilines is 1. The van der Waals surface area contributed by atoms with Crippen molar-refractivity contribution in [1.29, 1.82) is 0 Å². The van der Waals surface area contributed by atoms with Crippen molar-refractivity contribution in [1.82, 2.24) is 24.6 Å². The van der Waals surface area contributed by atoms with Crippen molar-refractivity contribution in [2.24, 2.45) is 7.05 Å². The van der Waals surface area contributed by atoms with Gasteiger partial charge < -0.3 is 15.4 Å². The van der Waals surface area contributed by atoms with Gasteiger partial charge in [0.2, 0.25) is 0 Å². The maximum Gasteiger partial charge on any atom is 0.254 e. The molecule has 2 N–H and O–H groups in total. The van der Waals surface area contributed by atoms with Gasteiger partial charge >= 0.3 is 0 Å². The Morgan fingerprint density at radius 1 is 1.24 bits per heavy atom. The number of amides is 1. The number of ether oxygens (including phenoxy) is 1. The molecule has 33 heavy (non-hydrogen) atoms. The molecule has 5 aromatic rings. The average molecular weight is 457 g/mol. The van der Waals surface area contributed by atoms with Gasteiger partial charge in [-0.25, -0.2) is 9.97 Å². The third-order valence-corrected chi connectivity index (χ3v) is 6.83. The first kappa shape index (κ1) is 19.7. The van der Waals surface area contributed by atoms with Crippen molar-refractivity contribution < 1.29 is 9.53 Å². The number of hydrogen-bond acceptors (Lipinski definition) is 7. The molecule has 164 valence electrons. The number of rotatable bonds is 3. The molecule has 1 atom stereocenters. The van der Waals surface area contributed by atoms with Crippen LogP contribution in [0.3, 0.4) is 0 Å². The van der Waals surface area contributed by atoms with E-state index in [1.165, 1.54) is 0 Å². The summed E-state index contributed by atoms with van der Waals surface area (Å²) in [6.07, 6.45) is 1.70. The Kier molecular flexibility index (Phi) is 4.34. The number of benzene rings is 2. The molecule has 9 heteroatoms. The van der Waals surface area contributed by atoms with Crippen LogP contribution < -0.4 is 10.5 Å². The minimum atomic E-state index is -0.172. The number of nitrogen functional groups attached to an aromatic ring is 1. The predicted octanol–water partition coefficient (Wildman–Crippen LogP) is 4.03. The summed E-state index contributed by atoms with van der Waals surface area (Å²) >= 11 is 1.56. The molecule has 6 rings (SSSR count). The Morgan fingerprint density at radius 2 is 2.12 bits per heavy atom. The van der Waals surface area contributed by atoms with E-state index < -0.39 is 0 Å². The van der Waals surface area contributed by atoms with Gasteiger partial charge in [0.1, 0.15) is 18.2 Å². The first-order valence-corrected chi connectivity index (χ1v) is 11.4. The summed E-state index contributed by atoms with van der Waals surface area (Å²) in [7, 11) is 3.67. The third kappa shape index (κ3) is 3.04. The Morgan fingerprint density at radius 3 is 2.94 bits per heavy atom. The summed E-state index contributed by atoms with van der Waals surface area (Å²) in [6, 6.07) is 11.4. The van der Waals surface area contributed by atoms with Crippen LogP contribution in [0.2, 0.25) is 0 Å².